The average molecular weight is 357 g/mol. The summed E-state index contributed by atoms with van der Waals surface area (Å²) in [5, 5.41) is 11.5. The van der Waals surface area contributed by atoms with Gasteiger partial charge in [0, 0.05) is 6.54 Å². The highest BCUT2D eigenvalue weighted by atomic mass is 16.5. The number of benzene rings is 2. The highest BCUT2D eigenvalue weighted by molar-refractivity contribution is 5.81. The molecule has 0 radical (unpaired) electrons. The molecule has 0 aliphatic carbocycles. The molecule has 1 unspecified atom stereocenters. The van der Waals surface area contributed by atoms with Gasteiger partial charge in [-0.1, -0.05) is 37.3 Å². The smallest absolute Gasteiger partial charge is 0.341 e. The van der Waals surface area contributed by atoms with Crippen LogP contribution in [0.4, 0.5) is 0 Å². The summed E-state index contributed by atoms with van der Waals surface area (Å²) in [7, 11) is 0. The Morgan fingerprint density at radius 2 is 1.92 bits per heavy atom. The Labute approximate surface area is 152 Å². The van der Waals surface area contributed by atoms with Crippen molar-refractivity contribution in [2.24, 2.45) is 0 Å². The molecule has 0 aromatic heterocycles. The molecule has 2 aromatic carbocycles. The number of hydrogen-bond acceptors (Lipinski definition) is 4. The second kappa shape index (κ2) is 9.46. The molecule has 1 atom stereocenters. The minimum absolute atomic E-state index is 0.201. The van der Waals surface area contributed by atoms with Crippen molar-refractivity contribution < 1.29 is 24.2 Å². The molecule has 0 bridgehead atoms. The molecule has 6 heteroatoms. The van der Waals surface area contributed by atoms with E-state index in [1.54, 1.807) is 18.2 Å². The zero-order valence-corrected chi connectivity index (χ0v) is 14.9. The quantitative estimate of drug-likeness (QED) is 0.721. The van der Waals surface area contributed by atoms with E-state index < -0.39 is 18.7 Å². The molecule has 138 valence electrons. The third-order valence-electron chi connectivity index (χ3n) is 3.75. The van der Waals surface area contributed by atoms with Gasteiger partial charge in [-0.2, -0.15) is 0 Å². The van der Waals surface area contributed by atoms with Crippen molar-refractivity contribution in [1.29, 1.82) is 0 Å². The van der Waals surface area contributed by atoms with Crippen molar-refractivity contribution in [3.8, 4) is 11.5 Å². The summed E-state index contributed by atoms with van der Waals surface area (Å²) in [6.45, 7) is 3.72. The number of rotatable bonds is 9. The van der Waals surface area contributed by atoms with E-state index in [4.69, 9.17) is 14.6 Å². The molecule has 0 aliphatic rings. The van der Waals surface area contributed by atoms with Gasteiger partial charge in [0.05, 0.1) is 0 Å². The van der Waals surface area contributed by atoms with E-state index in [0.717, 1.165) is 11.1 Å². The fraction of sp³-hybridized carbons (Fsp3) is 0.300. The van der Waals surface area contributed by atoms with Gasteiger partial charge in [0.2, 0.25) is 0 Å². The van der Waals surface area contributed by atoms with Crippen LogP contribution in [0.15, 0.2) is 48.5 Å². The Kier molecular flexibility index (Phi) is 7.02. The van der Waals surface area contributed by atoms with Gasteiger partial charge in [0.15, 0.2) is 12.7 Å². The largest absolute Gasteiger partial charge is 0.482 e. The van der Waals surface area contributed by atoms with E-state index in [1.807, 2.05) is 44.2 Å². The lowest BCUT2D eigenvalue weighted by atomic mass is 10.2. The molecule has 0 saturated heterocycles. The standard InChI is InChI=1S/C20H23NO5/c1-3-17(26-18-10-5-4-7-14(18)2)20(24)21-12-15-8-6-9-16(11-15)25-13-19(22)23/h4-11,17H,3,12-13H2,1-2H3,(H,21,24)(H,22,23). The lowest BCUT2D eigenvalue weighted by Crippen LogP contribution is -2.37. The molecule has 0 saturated carbocycles. The van der Waals surface area contributed by atoms with E-state index in [2.05, 4.69) is 5.32 Å². The normalized spacial score (nSPS) is 11.5. The van der Waals surface area contributed by atoms with Crippen molar-refractivity contribution in [3.05, 3.63) is 59.7 Å². The van der Waals surface area contributed by atoms with Gasteiger partial charge in [-0.15, -0.1) is 0 Å². The molecule has 6 nitrogen and oxygen atoms in total. The number of carbonyl (C=O) groups is 2. The number of carboxylic acid groups (broad SMARTS) is 1. The summed E-state index contributed by atoms with van der Waals surface area (Å²) in [6.07, 6.45) is -0.0374. The van der Waals surface area contributed by atoms with E-state index in [-0.39, 0.29) is 5.91 Å². The Hall–Kier alpha value is -3.02. The van der Waals surface area contributed by atoms with Crippen LogP contribution in [-0.4, -0.2) is 29.7 Å². The van der Waals surface area contributed by atoms with Gasteiger partial charge in [-0.25, -0.2) is 4.79 Å². The summed E-state index contributed by atoms with van der Waals surface area (Å²) >= 11 is 0. The summed E-state index contributed by atoms with van der Waals surface area (Å²) in [4.78, 5) is 23.0. The second-order valence-electron chi connectivity index (χ2n) is 5.83. The molecule has 0 spiro atoms. The van der Waals surface area contributed by atoms with Crippen LogP contribution in [0.3, 0.4) is 0 Å². The summed E-state index contributed by atoms with van der Waals surface area (Å²) < 4.78 is 11.0. The van der Waals surface area contributed by atoms with Gasteiger partial charge in [0.25, 0.3) is 5.91 Å². The van der Waals surface area contributed by atoms with Gasteiger partial charge < -0.3 is 19.9 Å². The highest BCUT2D eigenvalue weighted by Crippen LogP contribution is 2.19. The highest BCUT2D eigenvalue weighted by Gasteiger charge is 2.18. The number of carbonyl (C=O) groups excluding carboxylic acids is 1. The van der Waals surface area contributed by atoms with Crippen LogP contribution in [0.5, 0.6) is 11.5 Å². The first-order valence-corrected chi connectivity index (χ1v) is 8.43. The second-order valence-corrected chi connectivity index (χ2v) is 5.83. The van der Waals surface area contributed by atoms with Crippen LogP contribution >= 0.6 is 0 Å². The topological polar surface area (TPSA) is 84.9 Å². The van der Waals surface area contributed by atoms with Crippen LogP contribution in [0.25, 0.3) is 0 Å². The SMILES string of the molecule is CCC(Oc1ccccc1C)C(=O)NCc1cccc(OCC(=O)O)c1. The molecule has 26 heavy (non-hydrogen) atoms. The maximum absolute atomic E-state index is 12.4. The summed E-state index contributed by atoms with van der Waals surface area (Å²) in [5.41, 5.74) is 1.79. The molecule has 2 aromatic rings. The van der Waals surface area contributed by atoms with Crippen LogP contribution in [-0.2, 0) is 16.1 Å². The fourth-order valence-corrected chi connectivity index (χ4v) is 2.36. The van der Waals surface area contributed by atoms with Crippen molar-refractivity contribution in [3.63, 3.8) is 0 Å². The first-order valence-electron chi connectivity index (χ1n) is 8.43. The number of para-hydroxylation sites is 1. The summed E-state index contributed by atoms with van der Waals surface area (Å²) in [5.74, 6) is -0.101. The third-order valence-corrected chi connectivity index (χ3v) is 3.75. The number of hydrogen-bond donors (Lipinski definition) is 2. The maximum Gasteiger partial charge on any atom is 0.341 e. The van der Waals surface area contributed by atoms with E-state index in [9.17, 15) is 9.59 Å². The van der Waals surface area contributed by atoms with Crippen LogP contribution in [0.2, 0.25) is 0 Å². The number of amides is 1. The number of carboxylic acids is 1. The Morgan fingerprint density at radius 1 is 1.15 bits per heavy atom. The minimum atomic E-state index is -1.04. The molecule has 2 N–H and O–H groups in total. The molecular weight excluding hydrogens is 334 g/mol. The third kappa shape index (κ3) is 5.81. The number of nitrogens with one attached hydrogen (secondary N) is 1. The van der Waals surface area contributed by atoms with Gasteiger partial charge in [0.1, 0.15) is 11.5 Å². The van der Waals surface area contributed by atoms with Crippen molar-refractivity contribution in [2.75, 3.05) is 6.61 Å². The first kappa shape index (κ1) is 19.3. The minimum Gasteiger partial charge on any atom is -0.482 e. The Bertz CT molecular complexity index is 759. The zero-order chi connectivity index (χ0) is 18.9. The lowest BCUT2D eigenvalue weighted by Gasteiger charge is -2.18. The van der Waals surface area contributed by atoms with Crippen molar-refractivity contribution in [2.45, 2.75) is 32.9 Å². The monoisotopic (exact) mass is 357 g/mol. The average Bonchev–Trinajstić information content (AvgIpc) is 2.64. The molecule has 0 fully saturated rings. The van der Waals surface area contributed by atoms with Crippen molar-refractivity contribution >= 4 is 11.9 Å². The molecule has 2 rings (SSSR count). The van der Waals surface area contributed by atoms with Gasteiger partial charge >= 0.3 is 5.97 Å². The van der Waals surface area contributed by atoms with Crippen LogP contribution in [0, 0.1) is 6.92 Å². The fourth-order valence-electron chi connectivity index (χ4n) is 2.36. The Morgan fingerprint density at radius 3 is 2.62 bits per heavy atom. The van der Waals surface area contributed by atoms with Gasteiger partial charge in [-0.05, 0) is 42.7 Å². The molecule has 0 heterocycles. The van der Waals surface area contributed by atoms with Crippen LogP contribution < -0.4 is 14.8 Å². The summed E-state index contributed by atoms with van der Waals surface area (Å²) in [6, 6.07) is 14.5. The van der Waals surface area contributed by atoms with Crippen LogP contribution in [0.1, 0.15) is 24.5 Å². The lowest BCUT2D eigenvalue weighted by molar-refractivity contribution is -0.139. The number of aryl methyl sites for hydroxylation is 1. The molecule has 1 amide bonds. The van der Waals surface area contributed by atoms with Gasteiger partial charge in [-0.3, -0.25) is 4.79 Å². The van der Waals surface area contributed by atoms with E-state index in [0.29, 0.717) is 24.5 Å². The van der Waals surface area contributed by atoms with Crippen molar-refractivity contribution in [1.82, 2.24) is 5.32 Å². The number of ether oxygens (including phenoxy) is 2. The van der Waals surface area contributed by atoms with E-state index in [1.165, 1.54) is 0 Å². The predicted molar refractivity (Wildman–Crippen MR) is 97.3 cm³/mol. The van der Waals surface area contributed by atoms with E-state index >= 15 is 0 Å². The molecular formula is C20H23NO5. The predicted octanol–water partition coefficient (Wildman–Crippen LogP) is 2.93. The molecule has 0 aliphatic heterocycles. The maximum atomic E-state index is 12.4. The first-order chi connectivity index (χ1) is 12.5. The zero-order valence-electron chi connectivity index (χ0n) is 14.9. The number of aliphatic carboxylic acids is 1. The Balaban J connectivity index is 1.93.